The molecule has 0 unspecified atom stereocenters. The van der Waals surface area contributed by atoms with Crippen LogP contribution in [0.15, 0.2) is 47.9 Å². The second-order valence-electron chi connectivity index (χ2n) is 6.33. The zero-order valence-corrected chi connectivity index (χ0v) is 16.3. The van der Waals surface area contributed by atoms with Crippen molar-refractivity contribution in [2.45, 2.75) is 31.0 Å². The topological polar surface area (TPSA) is 70.7 Å². The highest BCUT2D eigenvalue weighted by Crippen LogP contribution is 2.38. The average molecular weight is 395 g/mol. The Kier molecular flexibility index (Phi) is 5.28. The molecule has 0 radical (unpaired) electrons. The van der Waals surface area contributed by atoms with Crippen molar-refractivity contribution < 1.29 is 4.79 Å². The highest BCUT2D eigenvalue weighted by molar-refractivity contribution is 7.99. The third kappa shape index (κ3) is 3.92. The molecule has 5 nitrogen and oxygen atoms in total. The molecule has 136 valence electrons. The van der Waals surface area contributed by atoms with Crippen LogP contribution in [-0.2, 0) is 24.2 Å². The summed E-state index contributed by atoms with van der Waals surface area (Å²) in [7, 11) is 0. The third-order valence-electron chi connectivity index (χ3n) is 4.49. The van der Waals surface area contributed by atoms with Crippen molar-refractivity contribution in [3.05, 3.63) is 64.3 Å². The maximum absolute atomic E-state index is 12.4. The van der Waals surface area contributed by atoms with E-state index in [9.17, 15) is 10.1 Å². The number of nitriles is 1. The molecule has 1 amide bonds. The third-order valence-corrected chi connectivity index (χ3v) is 6.70. The van der Waals surface area contributed by atoms with E-state index in [4.69, 9.17) is 0 Å². The summed E-state index contributed by atoms with van der Waals surface area (Å²) in [6.45, 7) is 0.723. The standard InChI is InChI=1S/C20H18N4OS2/c21-11-16-15-7-4-8-17(15)27-19(16)23-18(25)13-26-20-22-9-10-24(20)12-14-5-2-1-3-6-14/h1-3,5-6,9-10H,4,7-8,12-13H2,(H,23,25). The second kappa shape index (κ2) is 7.99. The highest BCUT2D eigenvalue weighted by Gasteiger charge is 2.23. The summed E-state index contributed by atoms with van der Waals surface area (Å²) in [5.74, 6) is 0.157. The lowest BCUT2D eigenvalue weighted by Crippen LogP contribution is -2.14. The number of amides is 1. The molecular formula is C20H18N4OS2. The van der Waals surface area contributed by atoms with E-state index >= 15 is 0 Å². The Morgan fingerprint density at radius 1 is 1.33 bits per heavy atom. The van der Waals surface area contributed by atoms with Crippen LogP contribution in [0, 0.1) is 11.3 Å². The lowest BCUT2D eigenvalue weighted by molar-refractivity contribution is -0.113. The molecule has 0 fully saturated rings. The number of nitrogens with zero attached hydrogens (tertiary/aromatic N) is 3. The number of hydrogen-bond acceptors (Lipinski definition) is 5. The van der Waals surface area contributed by atoms with Crippen LogP contribution in [0.25, 0.3) is 0 Å². The monoisotopic (exact) mass is 394 g/mol. The van der Waals surface area contributed by atoms with Crippen molar-refractivity contribution in [2.75, 3.05) is 11.1 Å². The van der Waals surface area contributed by atoms with Gasteiger partial charge in [0.1, 0.15) is 11.1 Å². The van der Waals surface area contributed by atoms with Crippen molar-refractivity contribution in [3.8, 4) is 6.07 Å². The fourth-order valence-corrected chi connectivity index (χ4v) is 5.25. The van der Waals surface area contributed by atoms with E-state index in [-0.39, 0.29) is 11.7 Å². The van der Waals surface area contributed by atoms with E-state index in [1.807, 2.05) is 29.0 Å². The number of imidazole rings is 1. The van der Waals surface area contributed by atoms with Gasteiger partial charge >= 0.3 is 0 Å². The number of fused-ring (bicyclic) bond motifs is 1. The Bertz CT molecular complexity index is 1000. The van der Waals surface area contributed by atoms with Crippen LogP contribution in [0.5, 0.6) is 0 Å². The first-order chi connectivity index (χ1) is 13.2. The number of benzene rings is 1. The van der Waals surface area contributed by atoms with Crippen LogP contribution in [0.3, 0.4) is 0 Å². The van der Waals surface area contributed by atoms with E-state index < -0.39 is 0 Å². The zero-order chi connectivity index (χ0) is 18.6. The Morgan fingerprint density at radius 3 is 3.00 bits per heavy atom. The van der Waals surface area contributed by atoms with Gasteiger partial charge in [0.15, 0.2) is 5.16 Å². The van der Waals surface area contributed by atoms with E-state index in [0.717, 1.165) is 36.5 Å². The van der Waals surface area contributed by atoms with Crippen molar-refractivity contribution in [1.82, 2.24) is 9.55 Å². The molecule has 1 aliphatic carbocycles. The Balaban J connectivity index is 1.38. The number of hydrogen-bond donors (Lipinski definition) is 1. The van der Waals surface area contributed by atoms with Crippen molar-refractivity contribution in [1.29, 1.82) is 5.26 Å². The van der Waals surface area contributed by atoms with Crippen LogP contribution < -0.4 is 5.32 Å². The van der Waals surface area contributed by atoms with Gasteiger partial charge in [0.2, 0.25) is 5.91 Å². The van der Waals surface area contributed by atoms with Crippen molar-refractivity contribution in [2.24, 2.45) is 0 Å². The number of aromatic nitrogens is 2. The van der Waals surface area contributed by atoms with Gasteiger partial charge in [-0.25, -0.2) is 4.98 Å². The number of carbonyl (C=O) groups excluding carboxylic acids is 1. The summed E-state index contributed by atoms with van der Waals surface area (Å²) >= 11 is 2.95. The van der Waals surface area contributed by atoms with Crippen molar-refractivity contribution in [3.63, 3.8) is 0 Å². The Hall–Kier alpha value is -2.56. The van der Waals surface area contributed by atoms with E-state index in [1.165, 1.54) is 22.2 Å². The minimum atomic E-state index is -0.106. The predicted molar refractivity (Wildman–Crippen MR) is 108 cm³/mol. The normalized spacial score (nSPS) is 12.6. The molecule has 2 heterocycles. The molecule has 2 aromatic heterocycles. The number of anilines is 1. The van der Waals surface area contributed by atoms with E-state index in [0.29, 0.717) is 10.6 Å². The fraction of sp³-hybridized carbons (Fsp3) is 0.250. The molecule has 3 aromatic rings. The molecule has 0 saturated carbocycles. The first-order valence-corrected chi connectivity index (χ1v) is 10.6. The Morgan fingerprint density at radius 2 is 2.19 bits per heavy atom. The average Bonchev–Trinajstić information content (AvgIpc) is 3.37. The molecule has 0 spiro atoms. The van der Waals surface area contributed by atoms with Crippen LogP contribution in [-0.4, -0.2) is 21.2 Å². The number of rotatable bonds is 6. The molecule has 1 aromatic carbocycles. The summed E-state index contributed by atoms with van der Waals surface area (Å²) in [5.41, 5.74) is 2.97. The van der Waals surface area contributed by atoms with Gasteiger partial charge in [-0.1, -0.05) is 42.1 Å². The van der Waals surface area contributed by atoms with Crippen molar-refractivity contribution >= 4 is 34.0 Å². The number of nitrogens with one attached hydrogen (secondary N) is 1. The van der Waals surface area contributed by atoms with Gasteiger partial charge in [0.25, 0.3) is 0 Å². The number of carbonyl (C=O) groups is 1. The summed E-state index contributed by atoms with van der Waals surface area (Å²) in [4.78, 5) is 18.0. The fourth-order valence-electron chi connectivity index (χ4n) is 3.24. The maximum Gasteiger partial charge on any atom is 0.235 e. The second-order valence-corrected chi connectivity index (χ2v) is 8.38. The van der Waals surface area contributed by atoms with E-state index in [2.05, 4.69) is 28.5 Å². The smallest absolute Gasteiger partial charge is 0.235 e. The van der Waals surface area contributed by atoms with Gasteiger partial charge in [-0.3, -0.25) is 4.79 Å². The quantitative estimate of drug-likeness (QED) is 0.640. The van der Waals surface area contributed by atoms with Crippen LogP contribution in [0.4, 0.5) is 5.00 Å². The SMILES string of the molecule is N#Cc1c(NC(=O)CSc2nccn2Cc2ccccc2)sc2c1CCC2. The number of thioether (sulfide) groups is 1. The minimum absolute atomic E-state index is 0.106. The first kappa shape index (κ1) is 17.8. The van der Waals surface area contributed by atoms with Gasteiger partial charge in [-0.15, -0.1) is 11.3 Å². The first-order valence-electron chi connectivity index (χ1n) is 8.77. The summed E-state index contributed by atoms with van der Waals surface area (Å²) in [6.07, 6.45) is 6.72. The molecular weight excluding hydrogens is 376 g/mol. The van der Waals surface area contributed by atoms with Gasteiger partial charge in [0, 0.05) is 23.8 Å². The largest absolute Gasteiger partial charge is 0.322 e. The lowest BCUT2D eigenvalue weighted by Gasteiger charge is -2.08. The molecule has 27 heavy (non-hydrogen) atoms. The molecule has 1 aliphatic rings. The van der Waals surface area contributed by atoms with Gasteiger partial charge < -0.3 is 9.88 Å². The number of aryl methyl sites for hydroxylation is 1. The molecule has 0 bridgehead atoms. The minimum Gasteiger partial charge on any atom is -0.322 e. The van der Waals surface area contributed by atoms with Crippen LogP contribution in [0.1, 0.15) is 28.0 Å². The lowest BCUT2D eigenvalue weighted by atomic mass is 10.1. The highest BCUT2D eigenvalue weighted by atomic mass is 32.2. The Labute approximate surface area is 166 Å². The molecule has 0 atom stereocenters. The maximum atomic E-state index is 12.4. The molecule has 7 heteroatoms. The molecule has 1 N–H and O–H groups in total. The summed E-state index contributed by atoms with van der Waals surface area (Å²) in [6, 6.07) is 12.4. The molecule has 4 rings (SSSR count). The number of thiophene rings is 1. The van der Waals surface area contributed by atoms with Gasteiger partial charge in [-0.05, 0) is 30.4 Å². The zero-order valence-electron chi connectivity index (χ0n) is 14.6. The molecule has 0 aliphatic heterocycles. The van der Waals surface area contributed by atoms with Crippen LogP contribution >= 0.6 is 23.1 Å². The van der Waals surface area contributed by atoms with Crippen LogP contribution in [0.2, 0.25) is 0 Å². The predicted octanol–water partition coefficient (Wildman–Crippen LogP) is 4.08. The van der Waals surface area contributed by atoms with E-state index in [1.54, 1.807) is 17.5 Å². The van der Waals surface area contributed by atoms with Gasteiger partial charge in [-0.2, -0.15) is 5.26 Å². The van der Waals surface area contributed by atoms with Gasteiger partial charge in [0.05, 0.1) is 11.3 Å². The summed E-state index contributed by atoms with van der Waals surface area (Å²) < 4.78 is 2.04. The molecule has 0 saturated heterocycles. The summed E-state index contributed by atoms with van der Waals surface area (Å²) in [5, 5.41) is 13.9.